The lowest BCUT2D eigenvalue weighted by Gasteiger charge is -2.47. The van der Waals surface area contributed by atoms with Gasteiger partial charge >= 0.3 is 0 Å². The summed E-state index contributed by atoms with van der Waals surface area (Å²) in [5, 5.41) is 0. The molecule has 12 heavy (non-hydrogen) atoms. The van der Waals surface area contributed by atoms with Crippen molar-refractivity contribution in [3.63, 3.8) is 0 Å². The highest BCUT2D eigenvalue weighted by atomic mass is 28.4. The summed E-state index contributed by atoms with van der Waals surface area (Å²) in [7, 11) is -0.995. The topological polar surface area (TPSA) is 3.24 Å². The largest absolute Gasteiger partial charge is 0.346 e. The second kappa shape index (κ2) is 3.64. The van der Waals surface area contributed by atoms with Crippen LogP contribution in [0, 0.1) is 0 Å². The zero-order valence-corrected chi connectivity index (χ0v) is 11.5. The normalized spacial score (nSPS) is 33.8. The molecular weight excluding hydrogens is 178 g/mol. The highest BCUT2D eigenvalue weighted by Gasteiger charge is 2.33. The molecule has 0 aromatic heterocycles. The van der Waals surface area contributed by atoms with E-state index in [0.717, 1.165) is 0 Å². The van der Waals surface area contributed by atoms with E-state index < -0.39 is 17.9 Å². The first-order valence-electron chi connectivity index (χ1n) is 5.21. The molecule has 1 rings (SSSR count). The molecule has 0 spiro atoms. The van der Waals surface area contributed by atoms with E-state index in [1.54, 1.807) is 12.1 Å². The minimum atomic E-state index is -0.497. The quantitative estimate of drug-likeness (QED) is 0.543. The van der Waals surface area contributed by atoms with Crippen molar-refractivity contribution in [2.45, 2.75) is 57.9 Å². The van der Waals surface area contributed by atoms with Crippen LogP contribution in [0.1, 0.15) is 27.2 Å². The maximum absolute atomic E-state index is 2.94. The molecule has 0 aromatic rings. The Bertz CT molecular complexity index is 143. The Labute approximate surface area is 80.5 Å². The van der Waals surface area contributed by atoms with Crippen molar-refractivity contribution < 1.29 is 0 Å². The van der Waals surface area contributed by atoms with Crippen molar-refractivity contribution in [2.75, 3.05) is 0 Å². The van der Waals surface area contributed by atoms with Crippen LogP contribution in [0.25, 0.3) is 0 Å². The second-order valence-corrected chi connectivity index (χ2v) is 11.5. The van der Waals surface area contributed by atoms with Crippen LogP contribution in [0.2, 0.25) is 25.2 Å². The van der Waals surface area contributed by atoms with E-state index >= 15 is 0 Å². The van der Waals surface area contributed by atoms with Crippen molar-refractivity contribution in [1.82, 2.24) is 4.23 Å². The fourth-order valence-corrected chi connectivity index (χ4v) is 12.4. The molecule has 0 aliphatic carbocycles. The van der Waals surface area contributed by atoms with E-state index in [1.807, 2.05) is 0 Å². The van der Waals surface area contributed by atoms with Gasteiger partial charge in [0.1, 0.15) is 17.9 Å². The molecule has 1 heterocycles. The van der Waals surface area contributed by atoms with Gasteiger partial charge < -0.3 is 4.23 Å². The third-order valence-electron chi connectivity index (χ3n) is 2.97. The molecule has 3 heteroatoms. The predicted octanol–water partition coefficient (Wildman–Crippen LogP) is 2.20. The van der Waals surface area contributed by atoms with E-state index in [9.17, 15) is 0 Å². The molecule has 1 aliphatic heterocycles. The van der Waals surface area contributed by atoms with Gasteiger partial charge in [-0.2, -0.15) is 0 Å². The standard InChI is InChI=1S/C9H23NSi2/c1-9(2,3)10-11(4)7-6-8-12(10)5/h11-12H,6-8H2,1-5H3. The summed E-state index contributed by atoms with van der Waals surface area (Å²) in [6.07, 6.45) is 1.54. The molecule has 1 saturated heterocycles. The maximum Gasteiger partial charge on any atom is 0.102 e. The van der Waals surface area contributed by atoms with Gasteiger partial charge in [0.25, 0.3) is 0 Å². The highest BCUT2D eigenvalue weighted by molar-refractivity contribution is 6.72. The van der Waals surface area contributed by atoms with E-state index in [2.05, 4.69) is 38.1 Å². The van der Waals surface area contributed by atoms with Crippen LogP contribution >= 0.6 is 0 Å². The minimum Gasteiger partial charge on any atom is -0.346 e. The first kappa shape index (κ1) is 10.5. The SMILES string of the molecule is C[SiH]1CCC[SiH](C)N1C(C)(C)C. The van der Waals surface area contributed by atoms with Crippen molar-refractivity contribution in [3.05, 3.63) is 0 Å². The van der Waals surface area contributed by atoms with Crippen LogP contribution in [0.4, 0.5) is 0 Å². The monoisotopic (exact) mass is 201 g/mol. The third kappa shape index (κ3) is 2.21. The summed E-state index contributed by atoms with van der Waals surface area (Å²) in [6.45, 7) is 12.3. The molecule has 2 unspecified atom stereocenters. The zero-order chi connectivity index (χ0) is 9.35. The van der Waals surface area contributed by atoms with Gasteiger partial charge in [0.2, 0.25) is 0 Å². The highest BCUT2D eigenvalue weighted by Crippen LogP contribution is 2.27. The molecule has 0 aromatic carbocycles. The van der Waals surface area contributed by atoms with Crippen LogP contribution < -0.4 is 0 Å². The Hall–Kier alpha value is 0.394. The van der Waals surface area contributed by atoms with Gasteiger partial charge in [-0.05, 0) is 38.4 Å². The summed E-state index contributed by atoms with van der Waals surface area (Å²) in [4.78, 5) is 0. The average Bonchev–Trinajstić information content (AvgIpc) is 1.82. The van der Waals surface area contributed by atoms with E-state index in [-0.39, 0.29) is 0 Å². The minimum absolute atomic E-state index is 0.470. The van der Waals surface area contributed by atoms with Gasteiger partial charge in [-0.1, -0.05) is 19.5 Å². The molecule has 0 N–H and O–H groups in total. The van der Waals surface area contributed by atoms with Crippen molar-refractivity contribution in [1.29, 1.82) is 0 Å². The van der Waals surface area contributed by atoms with Crippen LogP contribution in [0.5, 0.6) is 0 Å². The summed E-state index contributed by atoms with van der Waals surface area (Å²) in [5.74, 6) is 0. The van der Waals surface area contributed by atoms with E-state index in [1.165, 1.54) is 6.42 Å². The number of hydrogen-bond acceptors (Lipinski definition) is 1. The van der Waals surface area contributed by atoms with Crippen LogP contribution in [0.3, 0.4) is 0 Å². The summed E-state index contributed by atoms with van der Waals surface area (Å²) in [5.41, 5.74) is 0.470. The van der Waals surface area contributed by atoms with Gasteiger partial charge in [0, 0.05) is 0 Å². The average molecular weight is 201 g/mol. The van der Waals surface area contributed by atoms with Crippen LogP contribution in [0.15, 0.2) is 0 Å². The molecule has 0 bridgehead atoms. The van der Waals surface area contributed by atoms with Crippen LogP contribution in [-0.4, -0.2) is 27.7 Å². The zero-order valence-electron chi connectivity index (χ0n) is 9.22. The number of hydrogen-bond donors (Lipinski definition) is 0. The lowest BCUT2D eigenvalue weighted by atomic mass is 10.1. The van der Waals surface area contributed by atoms with Crippen LogP contribution in [-0.2, 0) is 0 Å². The van der Waals surface area contributed by atoms with E-state index in [4.69, 9.17) is 0 Å². The third-order valence-corrected chi connectivity index (χ3v) is 12.0. The Balaban J connectivity index is 2.69. The molecule has 1 nitrogen and oxygen atoms in total. The lowest BCUT2D eigenvalue weighted by molar-refractivity contribution is 0.354. The molecule has 1 fully saturated rings. The van der Waals surface area contributed by atoms with Crippen molar-refractivity contribution in [2.24, 2.45) is 0 Å². The molecule has 0 radical (unpaired) electrons. The second-order valence-electron chi connectivity index (χ2n) is 5.21. The molecule has 2 atom stereocenters. The van der Waals surface area contributed by atoms with Gasteiger partial charge in [-0.25, -0.2) is 0 Å². The molecular formula is C9H23NSi2. The molecule has 0 amide bonds. The smallest absolute Gasteiger partial charge is 0.102 e. The summed E-state index contributed by atoms with van der Waals surface area (Å²) < 4.78 is 2.94. The number of rotatable bonds is 0. The maximum atomic E-state index is 2.94. The molecule has 72 valence electrons. The van der Waals surface area contributed by atoms with Gasteiger partial charge in [0.05, 0.1) is 0 Å². The Morgan fingerprint density at radius 3 is 1.67 bits per heavy atom. The fourth-order valence-electron chi connectivity index (χ4n) is 2.74. The summed E-state index contributed by atoms with van der Waals surface area (Å²) in [6, 6.07) is 3.10. The van der Waals surface area contributed by atoms with E-state index in [0.29, 0.717) is 5.54 Å². The predicted molar refractivity (Wildman–Crippen MR) is 61.8 cm³/mol. The first-order valence-corrected chi connectivity index (χ1v) is 10.2. The van der Waals surface area contributed by atoms with Gasteiger partial charge in [-0.15, -0.1) is 0 Å². The number of nitrogens with zero attached hydrogens (tertiary/aromatic N) is 1. The van der Waals surface area contributed by atoms with Crippen molar-refractivity contribution in [3.8, 4) is 0 Å². The lowest BCUT2D eigenvalue weighted by Crippen LogP contribution is -2.58. The first-order chi connectivity index (χ1) is 5.43. The molecule has 1 aliphatic rings. The fraction of sp³-hybridized carbons (Fsp3) is 1.00. The summed E-state index contributed by atoms with van der Waals surface area (Å²) >= 11 is 0. The van der Waals surface area contributed by atoms with Gasteiger partial charge in [0.15, 0.2) is 0 Å². The Morgan fingerprint density at radius 1 is 1.00 bits per heavy atom. The van der Waals surface area contributed by atoms with Crippen molar-refractivity contribution >= 4 is 17.9 Å². The Kier molecular flexibility index (Phi) is 3.18. The Morgan fingerprint density at radius 2 is 1.42 bits per heavy atom. The van der Waals surface area contributed by atoms with Gasteiger partial charge in [-0.3, -0.25) is 0 Å². The molecule has 0 saturated carbocycles.